The second-order valence-corrected chi connectivity index (χ2v) is 5.87. The first-order chi connectivity index (χ1) is 9.15. The number of para-hydroxylation sites is 1. The number of carbonyl (C=O) groups excluding carboxylic acids is 1. The summed E-state index contributed by atoms with van der Waals surface area (Å²) in [7, 11) is 1.86. The van der Waals surface area contributed by atoms with Gasteiger partial charge in [-0.2, -0.15) is 0 Å². The number of anilines is 1. The third-order valence-corrected chi connectivity index (χ3v) is 4.47. The van der Waals surface area contributed by atoms with E-state index in [-0.39, 0.29) is 11.9 Å². The molecule has 0 bridgehead atoms. The van der Waals surface area contributed by atoms with E-state index in [1.807, 2.05) is 31.3 Å². The third kappa shape index (κ3) is 3.18. The standard InChI is InChI=1S/C15H21BrN2O/c1-3-13(18-10-6-7-11-18)15(19)17(2)14-9-5-4-8-12(14)16/h4-5,8-9,13H,3,6-7,10-11H2,1-2H3. The van der Waals surface area contributed by atoms with Gasteiger partial charge in [0.1, 0.15) is 0 Å². The fourth-order valence-corrected chi connectivity index (χ4v) is 3.26. The fraction of sp³-hybridized carbons (Fsp3) is 0.533. The smallest absolute Gasteiger partial charge is 0.244 e. The average molecular weight is 325 g/mol. The highest BCUT2D eigenvalue weighted by Gasteiger charge is 2.29. The molecule has 1 aromatic rings. The number of amides is 1. The molecule has 3 nitrogen and oxygen atoms in total. The van der Waals surface area contributed by atoms with Gasteiger partial charge in [-0.15, -0.1) is 0 Å². The van der Waals surface area contributed by atoms with Crippen LogP contribution in [0.4, 0.5) is 5.69 Å². The van der Waals surface area contributed by atoms with Gasteiger partial charge in [-0.3, -0.25) is 9.69 Å². The molecule has 0 saturated carbocycles. The highest BCUT2D eigenvalue weighted by Crippen LogP contribution is 2.26. The third-order valence-electron chi connectivity index (χ3n) is 3.80. The lowest BCUT2D eigenvalue weighted by atomic mass is 10.1. The molecular weight excluding hydrogens is 304 g/mol. The fourth-order valence-electron chi connectivity index (χ4n) is 2.71. The largest absolute Gasteiger partial charge is 0.313 e. The predicted molar refractivity (Wildman–Crippen MR) is 82.4 cm³/mol. The Kier molecular flexibility index (Phi) is 4.99. The Morgan fingerprint density at radius 3 is 2.58 bits per heavy atom. The summed E-state index contributed by atoms with van der Waals surface area (Å²) in [5.74, 6) is 0.191. The van der Waals surface area contributed by atoms with Crippen LogP contribution in [-0.4, -0.2) is 37.0 Å². The number of rotatable bonds is 4. The second kappa shape index (κ2) is 6.53. The van der Waals surface area contributed by atoms with E-state index in [1.165, 1.54) is 12.8 Å². The molecule has 2 rings (SSSR count). The van der Waals surface area contributed by atoms with Crippen molar-refractivity contribution in [2.24, 2.45) is 0 Å². The van der Waals surface area contributed by atoms with Crippen LogP contribution >= 0.6 is 15.9 Å². The van der Waals surface area contributed by atoms with Gasteiger partial charge < -0.3 is 4.90 Å². The van der Waals surface area contributed by atoms with E-state index in [4.69, 9.17) is 0 Å². The lowest BCUT2D eigenvalue weighted by Gasteiger charge is -2.30. The molecule has 0 aliphatic carbocycles. The Morgan fingerprint density at radius 2 is 2.00 bits per heavy atom. The van der Waals surface area contributed by atoms with Crippen LogP contribution in [0.1, 0.15) is 26.2 Å². The topological polar surface area (TPSA) is 23.6 Å². The number of benzene rings is 1. The van der Waals surface area contributed by atoms with Crippen molar-refractivity contribution in [1.82, 2.24) is 4.90 Å². The molecule has 1 heterocycles. The predicted octanol–water partition coefficient (Wildman–Crippen LogP) is 3.29. The van der Waals surface area contributed by atoms with Crippen LogP contribution < -0.4 is 4.90 Å². The molecule has 0 N–H and O–H groups in total. The quantitative estimate of drug-likeness (QED) is 0.848. The molecule has 4 heteroatoms. The SMILES string of the molecule is CCC(C(=O)N(C)c1ccccc1Br)N1CCCC1. The Bertz CT molecular complexity index is 444. The first kappa shape index (κ1) is 14.5. The van der Waals surface area contributed by atoms with Gasteiger partial charge in [0.05, 0.1) is 11.7 Å². The summed E-state index contributed by atoms with van der Waals surface area (Å²) in [4.78, 5) is 16.8. The lowest BCUT2D eigenvalue weighted by Crippen LogP contribution is -2.46. The molecule has 1 aromatic carbocycles. The summed E-state index contributed by atoms with van der Waals surface area (Å²) in [5.41, 5.74) is 0.935. The van der Waals surface area contributed by atoms with Crippen LogP contribution in [0.3, 0.4) is 0 Å². The maximum absolute atomic E-state index is 12.7. The highest BCUT2D eigenvalue weighted by molar-refractivity contribution is 9.10. The second-order valence-electron chi connectivity index (χ2n) is 5.02. The minimum atomic E-state index is 0.0135. The molecule has 0 radical (unpaired) electrons. The molecule has 1 fully saturated rings. The number of hydrogen-bond donors (Lipinski definition) is 0. The molecular formula is C15H21BrN2O. The minimum Gasteiger partial charge on any atom is -0.313 e. The van der Waals surface area contributed by atoms with E-state index >= 15 is 0 Å². The molecule has 0 aromatic heterocycles. The zero-order valence-corrected chi connectivity index (χ0v) is 13.2. The zero-order valence-electron chi connectivity index (χ0n) is 11.6. The number of likely N-dealkylation sites (N-methyl/N-ethyl adjacent to an activating group) is 1. The number of nitrogens with zero attached hydrogens (tertiary/aromatic N) is 2. The van der Waals surface area contributed by atoms with Gasteiger partial charge in [0.2, 0.25) is 5.91 Å². The van der Waals surface area contributed by atoms with Gasteiger partial charge in [-0.25, -0.2) is 0 Å². The molecule has 1 aliphatic heterocycles. The van der Waals surface area contributed by atoms with E-state index < -0.39 is 0 Å². The molecule has 19 heavy (non-hydrogen) atoms. The summed E-state index contributed by atoms with van der Waals surface area (Å²) < 4.78 is 0.960. The van der Waals surface area contributed by atoms with Crippen molar-refractivity contribution in [3.63, 3.8) is 0 Å². The summed E-state index contributed by atoms with van der Waals surface area (Å²) >= 11 is 3.51. The molecule has 1 aliphatic rings. The van der Waals surface area contributed by atoms with Gasteiger partial charge in [-0.05, 0) is 60.4 Å². The first-order valence-electron chi connectivity index (χ1n) is 6.91. The van der Waals surface area contributed by atoms with E-state index in [9.17, 15) is 4.79 Å². The summed E-state index contributed by atoms with van der Waals surface area (Å²) in [6.45, 7) is 4.19. The molecule has 1 amide bonds. The van der Waals surface area contributed by atoms with E-state index in [1.54, 1.807) is 4.90 Å². The van der Waals surface area contributed by atoms with Crippen molar-refractivity contribution in [2.45, 2.75) is 32.2 Å². The first-order valence-corrected chi connectivity index (χ1v) is 7.70. The zero-order chi connectivity index (χ0) is 13.8. The van der Waals surface area contributed by atoms with Crippen LogP contribution in [0.2, 0.25) is 0 Å². The molecule has 1 saturated heterocycles. The van der Waals surface area contributed by atoms with Crippen LogP contribution in [0.25, 0.3) is 0 Å². The summed E-state index contributed by atoms with van der Waals surface area (Å²) in [6, 6.07) is 7.87. The van der Waals surface area contributed by atoms with Crippen molar-refractivity contribution in [3.05, 3.63) is 28.7 Å². The Balaban J connectivity index is 2.15. The maximum Gasteiger partial charge on any atom is 0.244 e. The van der Waals surface area contributed by atoms with Gasteiger partial charge in [0.25, 0.3) is 0 Å². The van der Waals surface area contributed by atoms with Crippen molar-refractivity contribution < 1.29 is 4.79 Å². The van der Waals surface area contributed by atoms with Gasteiger partial charge in [0, 0.05) is 11.5 Å². The number of carbonyl (C=O) groups is 1. The van der Waals surface area contributed by atoms with Crippen LogP contribution in [-0.2, 0) is 4.79 Å². The minimum absolute atomic E-state index is 0.0135. The number of halogens is 1. The van der Waals surface area contributed by atoms with Crippen molar-refractivity contribution in [1.29, 1.82) is 0 Å². The van der Waals surface area contributed by atoms with E-state index in [0.717, 1.165) is 29.7 Å². The van der Waals surface area contributed by atoms with E-state index in [2.05, 4.69) is 27.8 Å². The van der Waals surface area contributed by atoms with E-state index in [0.29, 0.717) is 0 Å². The highest BCUT2D eigenvalue weighted by atomic mass is 79.9. The van der Waals surface area contributed by atoms with Crippen LogP contribution in [0, 0.1) is 0 Å². The van der Waals surface area contributed by atoms with Crippen molar-refractivity contribution >= 4 is 27.5 Å². The average Bonchev–Trinajstić information content (AvgIpc) is 2.93. The Hall–Kier alpha value is -0.870. The van der Waals surface area contributed by atoms with Crippen molar-refractivity contribution in [3.8, 4) is 0 Å². The van der Waals surface area contributed by atoms with Crippen molar-refractivity contribution in [2.75, 3.05) is 25.0 Å². The molecule has 104 valence electrons. The number of likely N-dealkylation sites (tertiary alicyclic amines) is 1. The summed E-state index contributed by atoms with van der Waals surface area (Å²) in [5, 5.41) is 0. The molecule has 1 atom stereocenters. The normalized spacial score (nSPS) is 17.4. The molecule has 0 spiro atoms. The Morgan fingerprint density at radius 1 is 1.37 bits per heavy atom. The Labute approximate surface area is 123 Å². The summed E-state index contributed by atoms with van der Waals surface area (Å²) in [6.07, 6.45) is 3.29. The van der Waals surface area contributed by atoms with Crippen LogP contribution in [0.5, 0.6) is 0 Å². The van der Waals surface area contributed by atoms with Crippen LogP contribution in [0.15, 0.2) is 28.7 Å². The monoisotopic (exact) mass is 324 g/mol. The lowest BCUT2D eigenvalue weighted by molar-refractivity contribution is -0.123. The van der Waals surface area contributed by atoms with Gasteiger partial charge in [-0.1, -0.05) is 19.1 Å². The number of hydrogen-bond acceptors (Lipinski definition) is 2. The maximum atomic E-state index is 12.7. The molecule has 1 unspecified atom stereocenters. The van der Waals surface area contributed by atoms with Gasteiger partial charge in [0.15, 0.2) is 0 Å². The van der Waals surface area contributed by atoms with Gasteiger partial charge >= 0.3 is 0 Å².